The number of nitrogen functional groups attached to an aromatic ring is 1. The molecule has 0 radical (unpaired) electrons. The third-order valence-electron chi connectivity index (χ3n) is 3.65. The fraction of sp³-hybridized carbons (Fsp3) is 0.188. The summed E-state index contributed by atoms with van der Waals surface area (Å²) in [6.07, 6.45) is 0. The highest BCUT2D eigenvalue weighted by molar-refractivity contribution is 6.23. The van der Waals surface area contributed by atoms with Gasteiger partial charge in [0.1, 0.15) is 5.82 Å². The smallest absolute Gasteiger partial charge is 0.262 e. The summed E-state index contributed by atoms with van der Waals surface area (Å²) in [7, 11) is 3.93. The Morgan fingerprint density at radius 1 is 1.09 bits per heavy atom. The molecule has 1 aromatic heterocycles. The number of nitrogens with two attached hydrogens (primary N) is 1. The molecule has 7 nitrogen and oxygen atoms in total. The predicted molar refractivity (Wildman–Crippen MR) is 85.6 cm³/mol. The standard InChI is InChI=1S/C16H16N4O3/c1-19(2)8-9-3-5-10(6-4-9)20-12(21)7-11-13(14(20)17)16(23)18-15(11)22/h3-7H,8,17H2,1-2H3,(H,18,22,23). The van der Waals surface area contributed by atoms with Crippen LogP contribution in [0.4, 0.5) is 5.82 Å². The Morgan fingerprint density at radius 3 is 2.35 bits per heavy atom. The van der Waals surface area contributed by atoms with E-state index in [-0.39, 0.29) is 16.9 Å². The molecule has 0 fully saturated rings. The summed E-state index contributed by atoms with van der Waals surface area (Å²) in [5, 5.41) is 2.14. The molecule has 23 heavy (non-hydrogen) atoms. The number of imide groups is 1. The third kappa shape index (κ3) is 2.51. The van der Waals surface area contributed by atoms with Gasteiger partial charge in [-0.05, 0) is 31.8 Å². The van der Waals surface area contributed by atoms with Gasteiger partial charge in [0.2, 0.25) is 0 Å². The molecular weight excluding hydrogens is 296 g/mol. The van der Waals surface area contributed by atoms with Crippen LogP contribution < -0.4 is 16.6 Å². The van der Waals surface area contributed by atoms with E-state index < -0.39 is 17.4 Å². The number of nitrogens with zero attached hydrogens (tertiary/aromatic N) is 2. The molecule has 0 bridgehead atoms. The van der Waals surface area contributed by atoms with E-state index in [2.05, 4.69) is 5.32 Å². The number of fused-ring (bicyclic) bond motifs is 1. The topological polar surface area (TPSA) is 97.4 Å². The van der Waals surface area contributed by atoms with E-state index >= 15 is 0 Å². The summed E-state index contributed by atoms with van der Waals surface area (Å²) in [4.78, 5) is 37.8. The largest absolute Gasteiger partial charge is 0.384 e. The molecule has 0 spiro atoms. The first kappa shape index (κ1) is 15.0. The zero-order valence-electron chi connectivity index (χ0n) is 12.8. The second-order valence-corrected chi connectivity index (χ2v) is 5.68. The third-order valence-corrected chi connectivity index (χ3v) is 3.65. The van der Waals surface area contributed by atoms with Gasteiger partial charge >= 0.3 is 0 Å². The van der Waals surface area contributed by atoms with Crippen LogP contribution in [0.5, 0.6) is 0 Å². The normalized spacial score (nSPS) is 13.3. The monoisotopic (exact) mass is 312 g/mol. The van der Waals surface area contributed by atoms with Gasteiger partial charge in [0.25, 0.3) is 17.4 Å². The highest BCUT2D eigenvalue weighted by atomic mass is 16.2. The van der Waals surface area contributed by atoms with Crippen LogP contribution in [0, 0.1) is 0 Å². The Bertz CT molecular complexity index is 866. The van der Waals surface area contributed by atoms with Crippen molar-refractivity contribution in [1.82, 2.24) is 14.8 Å². The lowest BCUT2D eigenvalue weighted by Crippen LogP contribution is -2.24. The van der Waals surface area contributed by atoms with Crippen LogP contribution in [0.2, 0.25) is 0 Å². The molecule has 0 unspecified atom stereocenters. The SMILES string of the molecule is CN(C)Cc1ccc(-n2c(N)c3c(cc2=O)C(=O)NC3=O)cc1. The molecule has 2 heterocycles. The molecule has 2 amide bonds. The Labute approximate surface area is 132 Å². The van der Waals surface area contributed by atoms with Crippen molar-refractivity contribution in [1.29, 1.82) is 0 Å². The summed E-state index contributed by atoms with van der Waals surface area (Å²) in [5.74, 6) is -1.21. The zero-order chi connectivity index (χ0) is 16.7. The van der Waals surface area contributed by atoms with Crippen molar-refractivity contribution in [2.45, 2.75) is 6.54 Å². The Hall–Kier alpha value is -2.93. The van der Waals surface area contributed by atoms with Gasteiger partial charge in [-0.15, -0.1) is 0 Å². The molecule has 0 saturated heterocycles. The number of benzene rings is 1. The number of rotatable bonds is 3. The van der Waals surface area contributed by atoms with Crippen molar-refractivity contribution < 1.29 is 9.59 Å². The average molecular weight is 312 g/mol. The van der Waals surface area contributed by atoms with Gasteiger partial charge in [0, 0.05) is 12.6 Å². The number of pyridine rings is 1. The Morgan fingerprint density at radius 2 is 1.74 bits per heavy atom. The van der Waals surface area contributed by atoms with E-state index in [1.807, 2.05) is 31.1 Å². The number of carbonyl (C=O) groups excluding carboxylic acids is 2. The van der Waals surface area contributed by atoms with Gasteiger partial charge in [-0.3, -0.25) is 24.3 Å². The highest BCUT2D eigenvalue weighted by Crippen LogP contribution is 2.22. The van der Waals surface area contributed by atoms with Crippen LogP contribution in [-0.2, 0) is 6.54 Å². The molecule has 1 aliphatic heterocycles. The van der Waals surface area contributed by atoms with Crippen LogP contribution in [0.1, 0.15) is 26.3 Å². The summed E-state index contributed by atoms with van der Waals surface area (Å²) in [5.41, 5.74) is 7.23. The maximum absolute atomic E-state index is 12.3. The molecule has 3 N–H and O–H groups in total. The van der Waals surface area contributed by atoms with Crippen molar-refractivity contribution in [2.75, 3.05) is 19.8 Å². The molecule has 1 aromatic carbocycles. The molecule has 118 valence electrons. The quantitative estimate of drug-likeness (QED) is 0.798. The first-order chi connectivity index (χ1) is 10.9. The molecule has 3 rings (SSSR count). The van der Waals surface area contributed by atoms with Crippen molar-refractivity contribution in [2.24, 2.45) is 0 Å². The number of nitrogens with one attached hydrogen (secondary N) is 1. The number of carbonyl (C=O) groups is 2. The van der Waals surface area contributed by atoms with Gasteiger partial charge in [-0.1, -0.05) is 12.1 Å². The minimum atomic E-state index is -0.595. The summed E-state index contributed by atoms with van der Waals surface area (Å²) in [6, 6.07) is 8.44. The fourth-order valence-electron chi connectivity index (χ4n) is 2.66. The number of hydrogen-bond acceptors (Lipinski definition) is 5. The molecule has 1 aliphatic rings. The van der Waals surface area contributed by atoms with E-state index in [0.717, 1.165) is 18.2 Å². The molecule has 7 heteroatoms. The van der Waals surface area contributed by atoms with Crippen molar-refractivity contribution in [3.8, 4) is 5.69 Å². The van der Waals surface area contributed by atoms with Crippen LogP contribution in [0.15, 0.2) is 35.1 Å². The van der Waals surface area contributed by atoms with Gasteiger partial charge in [0.05, 0.1) is 16.8 Å². The van der Waals surface area contributed by atoms with Gasteiger partial charge in [-0.25, -0.2) is 0 Å². The lowest BCUT2D eigenvalue weighted by Gasteiger charge is -2.13. The van der Waals surface area contributed by atoms with E-state index in [9.17, 15) is 14.4 Å². The summed E-state index contributed by atoms with van der Waals surface area (Å²) < 4.78 is 1.23. The second-order valence-electron chi connectivity index (χ2n) is 5.68. The lowest BCUT2D eigenvalue weighted by atomic mass is 10.1. The van der Waals surface area contributed by atoms with Crippen molar-refractivity contribution in [3.63, 3.8) is 0 Å². The lowest BCUT2D eigenvalue weighted by molar-refractivity contribution is 0.0880. The van der Waals surface area contributed by atoms with Crippen LogP contribution >= 0.6 is 0 Å². The zero-order valence-corrected chi connectivity index (χ0v) is 12.8. The number of aromatic nitrogens is 1. The number of amides is 2. The summed E-state index contributed by atoms with van der Waals surface area (Å²) in [6.45, 7) is 0.770. The fourth-order valence-corrected chi connectivity index (χ4v) is 2.66. The van der Waals surface area contributed by atoms with Crippen LogP contribution in [0.25, 0.3) is 5.69 Å². The molecule has 0 aliphatic carbocycles. The minimum absolute atomic E-state index is 0.0259. The van der Waals surface area contributed by atoms with Gasteiger partial charge in [0.15, 0.2) is 0 Å². The maximum Gasteiger partial charge on any atom is 0.262 e. The second kappa shape index (κ2) is 5.36. The van der Waals surface area contributed by atoms with Crippen molar-refractivity contribution in [3.05, 3.63) is 57.4 Å². The Balaban J connectivity index is 2.11. The maximum atomic E-state index is 12.3. The first-order valence-corrected chi connectivity index (χ1v) is 7.03. The van der Waals surface area contributed by atoms with Gasteiger partial charge in [-0.2, -0.15) is 0 Å². The van der Waals surface area contributed by atoms with Crippen LogP contribution in [-0.4, -0.2) is 35.4 Å². The molecule has 0 atom stereocenters. The van der Waals surface area contributed by atoms with E-state index in [4.69, 9.17) is 5.73 Å². The van der Waals surface area contributed by atoms with Crippen LogP contribution in [0.3, 0.4) is 0 Å². The number of anilines is 1. The summed E-state index contributed by atoms with van der Waals surface area (Å²) >= 11 is 0. The predicted octanol–water partition coefficient (Wildman–Crippen LogP) is 0.365. The van der Waals surface area contributed by atoms with Crippen molar-refractivity contribution >= 4 is 17.6 Å². The number of hydrogen-bond donors (Lipinski definition) is 2. The van der Waals surface area contributed by atoms with E-state index in [0.29, 0.717) is 5.69 Å². The minimum Gasteiger partial charge on any atom is -0.384 e. The first-order valence-electron chi connectivity index (χ1n) is 7.03. The Kier molecular flexibility index (Phi) is 3.49. The highest BCUT2D eigenvalue weighted by Gasteiger charge is 2.31. The molecular formula is C16H16N4O3. The van der Waals surface area contributed by atoms with Gasteiger partial charge < -0.3 is 10.6 Å². The van der Waals surface area contributed by atoms with E-state index in [1.54, 1.807) is 12.1 Å². The average Bonchev–Trinajstić information content (AvgIpc) is 2.75. The molecule has 0 saturated carbocycles. The van der Waals surface area contributed by atoms with E-state index in [1.165, 1.54) is 4.57 Å². The molecule has 2 aromatic rings.